The second-order valence-corrected chi connectivity index (χ2v) is 4.34. The predicted octanol–water partition coefficient (Wildman–Crippen LogP) is 3.45. The van der Waals surface area contributed by atoms with E-state index in [9.17, 15) is 0 Å². The molecule has 0 aliphatic rings. The average molecular weight is 264 g/mol. The van der Waals surface area contributed by atoms with E-state index >= 15 is 0 Å². The Bertz CT molecular complexity index is 198. The molecule has 0 saturated carbocycles. The Balaban J connectivity index is 0. The molecule has 0 aliphatic heterocycles. The summed E-state index contributed by atoms with van der Waals surface area (Å²) in [7, 11) is 0. The molecule has 0 heterocycles. The van der Waals surface area contributed by atoms with Crippen molar-refractivity contribution in [2.75, 3.05) is 0 Å². The quantitative estimate of drug-likeness (QED) is 0.543. The molecule has 0 saturated heterocycles. The number of hydrogen-bond donors (Lipinski definition) is 0. The van der Waals surface area contributed by atoms with Gasteiger partial charge in [-0.05, 0) is 41.5 Å². The largest absolute Gasteiger partial charge is 0.488 e. The van der Waals surface area contributed by atoms with Crippen LogP contribution < -0.4 is 0 Å². The summed E-state index contributed by atoms with van der Waals surface area (Å²) in [5, 5.41) is 0. The molecule has 3 nitrogen and oxygen atoms in total. The van der Waals surface area contributed by atoms with E-state index in [-0.39, 0.29) is 40.0 Å². The maximum Gasteiger partial charge on any atom is 0.319 e. The molecule has 0 aromatic carbocycles. The molecular weight excluding hydrogens is 240 g/mol. The molecule has 0 fully saturated rings. The smallest absolute Gasteiger partial charge is 0.319 e. The molecule has 0 spiro atoms. The molecular formula is C12H24O3Ti. The van der Waals surface area contributed by atoms with E-state index in [2.05, 4.69) is 0 Å². The standard InChI is InChI=1S/C12H24O3.Ti/c1-8(2)13-11(7)12(14-9(3)4)15-10(5)6;/h8-10H,1-7H3;. The van der Waals surface area contributed by atoms with Crippen molar-refractivity contribution in [3.8, 4) is 0 Å². The van der Waals surface area contributed by atoms with Crippen LogP contribution in [0.1, 0.15) is 48.5 Å². The van der Waals surface area contributed by atoms with Gasteiger partial charge >= 0.3 is 5.95 Å². The second-order valence-electron chi connectivity index (χ2n) is 4.34. The van der Waals surface area contributed by atoms with E-state index in [1.165, 1.54) is 0 Å². The van der Waals surface area contributed by atoms with Crippen LogP contribution in [0.15, 0.2) is 11.7 Å². The third-order valence-corrected chi connectivity index (χ3v) is 1.39. The molecule has 0 radical (unpaired) electrons. The van der Waals surface area contributed by atoms with Gasteiger partial charge in [-0.15, -0.1) is 0 Å². The van der Waals surface area contributed by atoms with Crippen LogP contribution in [0.5, 0.6) is 0 Å². The summed E-state index contributed by atoms with van der Waals surface area (Å²) in [6.45, 7) is 13.7. The molecule has 0 bridgehead atoms. The van der Waals surface area contributed by atoms with Crippen molar-refractivity contribution in [3.05, 3.63) is 11.7 Å². The number of allylic oxidation sites excluding steroid dienone is 1. The average Bonchev–Trinajstić information content (AvgIpc) is 1.99. The van der Waals surface area contributed by atoms with Gasteiger partial charge in [-0.25, -0.2) is 0 Å². The van der Waals surface area contributed by atoms with Gasteiger partial charge in [0.15, 0.2) is 5.76 Å². The van der Waals surface area contributed by atoms with Crippen molar-refractivity contribution in [2.24, 2.45) is 0 Å². The minimum absolute atomic E-state index is 0. The predicted molar refractivity (Wildman–Crippen MR) is 61.4 cm³/mol. The fourth-order valence-corrected chi connectivity index (χ4v) is 1.02. The van der Waals surface area contributed by atoms with Crippen molar-refractivity contribution >= 4 is 0 Å². The SMILES string of the molecule is CC(OC(C)C)=C(OC(C)C)OC(C)C.[Ti]. The molecule has 16 heavy (non-hydrogen) atoms. The Labute approximate surface area is 114 Å². The van der Waals surface area contributed by atoms with Crippen LogP contribution in [0, 0.1) is 0 Å². The Morgan fingerprint density at radius 1 is 0.688 bits per heavy atom. The monoisotopic (exact) mass is 264 g/mol. The second kappa shape index (κ2) is 8.94. The summed E-state index contributed by atoms with van der Waals surface area (Å²) in [5.41, 5.74) is 0. The Hall–Kier alpha value is -0.146. The minimum atomic E-state index is 0. The van der Waals surface area contributed by atoms with Crippen molar-refractivity contribution in [2.45, 2.75) is 66.8 Å². The molecule has 0 atom stereocenters. The molecule has 0 aliphatic carbocycles. The van der Waals surface area contributed by atoms with Crippen LogP contribution >= 0.6 is 0 Å². The van der Waals surface area contributed by atoms with Crippen LogP contribution in [0.3, 0.4) is 0 Å². The third-order valence-electron chi connectivity index (χ3n) is 1.39. The zero-order valence-corrected chi connectivity index (χ0v) is 13.0. The Morgan fingerprint density at radius 3 is 1.25 bits per heavy atom. The summed E-state index contributed by atoms with van der Waals surface area (Å²) >= 11 is 0. The van der Waals surface area contributed by atoms with Gasteiger partial charge in [-0.1, -0.05) is 0 Å². The zero-order chi connectivity index (χ0) is 12.0. The first-order valence-corrected chi connectivity index (χ1v) is 5.53. The van der Waals surface area contributed by atoms with E-state index in [0.717, 1.165) is 0 Å². The Kier molecular flexibility index (Phi) is 10.2. The van der Waals surface area contributed by atoms with Crippen LogP contribution in [-0.4, -0.2) is 18.3 Å². The van der Waals surface area contributed by atoms with E-state index in [0.29, 0.717) is 11.7 Å². The molecule has 0 unspecified atom stereocenters. The van der Waals surface area contributed by atoms with E-state index in [1.54, 1.807) is 0 Å². The maximum absolute atomic E-state index is 5.56. The summed E-state index contributed by atoms with van der Waals surface area (Å²) < 4.78 is 16.7. The number of ether oxygens (including phenoxy) is 3. The molecule has 0 aromatic heterocycles. The third kappa shape index (κ3) is 9.11. The fourth-order valence-electron chi connectivity index (χ4n) is 1.02. The summed E-state index contributed by atoms with van der Waals surface area (Å²) in [6, 6.07) is 0. The van der Waals surface area contributed by atoms with Gasteiger partial charge in [0.1, 0.15) is 0 Å². The van der Waals surface area contributed by atoms with E-state index in [1.807, 2.05) is 48.5 Å². The van der Waals surface area contributed by atoms with Crippen molar-refractivity contribution < 1.29 is 35.9 Å². The van der Waals surface area contributed by atoms with Crippen LogP contribution in [0.25, 0.3) is 0 Å². The molecule has 0 amide bonds. The normalized spacial score (nSPS) is 10.1. The first-order valence-electron chi connectivity index (χ1n) is 5.53. The fraction of sp³-hybridized carbons (Fsp3) is 0.833. The maximum atomic E-state index is 5.56. The van der Waals surface area contributed by atoms with Gasteiger partial charge in [-0.2, -0.15) is 0 Å². The van der Waals surface area contributed by atoms with Crippen LogP contribution in [0.2, 0.25) is 0 Å². The molecule has 94 valence electrons. The van der Waals surface area contributed by atoms with Crippen LogP contribution in [-0.2, 0) is 35.9 Å². The molecule has 0 N–H and O–H groups in total. The first-order chi connectivity index (χ1) is 6.82. The van der Waals surface area contributed by atoms with E-state index in [4.69, 9.17) is 14.2 Å². The van der Waals surface area contributed by atoms with Gasteiger partial charge in [0.2, 0.25) is 0 Å². The van der Waals surface area contributed by atoms with Gasteiger partial charge in [-0.3, -0.25) is 0 Å². The van der Waals surface area contributed by atoms with Gasteiger partial charge in [0.05, 0.1) is 18.3 Å². The molecule has 0 rings (SSSR count). The van der Waals surface area contributed by atoms with Crippen molar-refractivity contribution in [1.29, 1.82) is 0 Å². The van der Waals surface area contributed by atoms with Gasteiger partial charge < -0.3 is 14.2 Å². The zero-order valence-electron chi connectivity index (χ0n) is 11.5. The molecule has 0 aromatic rings. The first kappa shape index (κ1) is 18.2. The molecule has 4 heteroatoms. The van der Waals surface area contributed by atoms with Crippen molar-refractivity contribution in [1.82, 2.24) is 0 Å². The summed E-state index contributed by atoms with van der Waals surface area (Å²) in [5.74, 6) is 1.20. The van der Waals surface area contributed by atoms with Gasteiger partial charge in [0, 0.05) is 28.6 Å². The van der Waals surface area contributed by atoms with Crippen LogP contribution in [0.4, 0.5) is 0 Å². The number of hydrogen-bond acceptors (Lipinski definition) is 3. The Morgan fingerprint density at radius 2 is 1.00 bits per heavy atom. The summed E-state index contributed by atoms with van der Waals surface area (Å²) in [4.78, 5) is 0. The van der Waals surface area contributed by atoms with Gasteiger partial charge in [0.25, 0.3) is 0 Å². The number of rotatable bonds is 6. The van der Waals surface area contributed by atoms with E-state index < -0.39 is 0 Å². The van der Waals surface area contributed by atoms with Crippen molar-refractivity contribution in [3.63, 3.8) is 0 Å². The minimum Gasteiger partial charge on any atom is -0.488 e. The topological polar surface area (TPSA) is 27.7 Å². The summed E-state index contributed by atoms with van der Waals surface area (Å²) in [6.07, 6.45) is 0.306.